The zero-order valence-electron chi connectivity index (χ0n) is 18.9. The lowest BCUT2D eigenvalue weighted by molar-refractivity contribution is -0.127. The summed E-state index contributed by atoms with van der Waals surface area (Å²) in [5.41, 5.74) is 0.256. The number of halogens is 1. The Morgan fingerprint density at radius 3 is 2.61 bits per heavy atom. The molecule has 1 saturated carbocycles. The molecule has 0 atom stereocenters. The first kappa shape index (κ1) is 26.3. The number of nitrogens with one attached hydrogen (secondary N) is 2. The maximum absolute atomic E-state index is 12.1. The van der Waals surface area contributed by atoms with Gasteiger partial charge in [0.15, 0.2) is 5.96 Å². The second kappa shape index (κ2) is 13.6. The fourth-order valence-electron chi connectivity index (χ4n) is 4.24. The van der Waals surface area contributed by atoms with Crippen LogP contribution in [0.3, 0.4) is 0 Å². The molecule has 1 aromatic heterocycles. The fraction of sp³-hybridized carbons (Fsp3) is 0.727. The standard InChI is InChI=1S/C22H37N5O2S.HI/c1-26(2)20(28)16-24-21(23-15-19-7-6-14-30-19)25-17-22(8-4-3-5-9-22)18-27-10-12-29-13-11-27;/h6-7,14H,3-5,8-13,15-18H2,1-2H3,(H2,23,24,25);1H. The summed E-state index contributed by atoms with van der Waals surface area (Å²) < 4.78 is 5.54. The first-order chi connectivity index (χ1) is 14.6. The van der Waals surface area contributed by atoms with Gasteiger partial charge in [-0.05, 0) is 24.3 Å². The van der Waals surface area contributed by atoms with Gasteiger partial charge in [-0.3, -0.25) is 9.69 Å². The van der Waals surface area contributed by atoms with E-state index in [0.717, 1.165) is 51.9 Å². The summed E-state index contributed by atoms with van der Waals surface area (Å²) in [6.45, 7) is 6.60. The van der Waals surface area contributed by atoms with E-state index < -0.39 is 0 Å². The number of amides is 1. The van der Waals surface area contributed by atoms with Crippen LogP contribution in [0.15, 0.2) is 22.5 Å². The summed E-state index contributed by atoms with van der Waals surface area (Å²) >= 11 is 1.72. The van der Waals surface area contributed by atoms with Crippen molar-refractivity contribution in [2.75, 3.05) is 60.0 Å². The average molecular weight is 564 g/mol. The Kier molecular flexibility index (Phi) is 11.6. The molecule has 1 saturated heterocycles. The highest BCUT2D eigenvalue weighted by molar-refractivity contribution is 14.0. The van der Waals surface area contributed by atoms with Crippen molar-refractivity contribution in [2.45, 2.75) is 38.6 Å². The van der Waals surface area contributed by atoms with E-state index in [0.29, 0.717) is 0 Å². The summed E-state index contributed by atoms with van der Waals surface area (Å²) in [5, 5.41) is 9.09. The third-order valence-electron chi connectivity index (χ3n) is 6.09. The first-order valence-electron chi connectivity index (χ1n) is 11.1. The van der Waals surface area contributed by atoms with Gasteiger partial charge in [-0.15, -0.1) is 35.3 Å². The van der Waals surface area contributed by atoms with Crippen LogP contribution in [0.5, 0.6) is 0 Å². The van der Waals surface area contributed by atoms with Gasteiger partial charge in [0, 0.05) is 50.6 Å². The van der Waals surface area contributed by atoms with E-state index >= 15 is 0 Å². The number of hydrogen-bond acceptors (Lipinski definition) is 5. The van der Waals surface area contributed by atoms with Gasteiger partial charge in [0.2, 0.25) is 5.91 Å². The molecular weight excluding hydrogens is 525 g/mol. The van der Waals surface area contributed by atoms with Crippen LogP contribution < -0.4 is 10.6 Å². The second-order valence-corrected chi connectivity index (χ2v) is 9.72. The lowest BCUT2D eigenvalue weighted by atomic mass is 9.73. The van der Waals surface area contributed by atoms with Crippen LogP contribution in [0.25, 0.3) is 0 Å². The summed E-state index contributed by atoms with van der Waals surface area (Å²) in [6, 6.07) is 4.17. The van der Waals surface area contributed by atoms with E-state index in [9.17, 15) is 4.79 Å². The molecule has 2 heterocycles. The molecule has 0 bridgehead atoms. The molecule has 31 heavy (non-hydrogen) atoms. The molecule has 0 unspecified atom stereocenters. The van der Waals surface area contributed by atoms with Crippen molar-refractivity contribution in [3.05, 3.63) is 22.4 Å². The maximum Gasteiger partial charge on any atom is 0.243 e. The Balaban J connectivity index is 0.00000341. The third-order valence-corrected chi connectivity index (χ3v) is 6.97. The summed E-state index contributed by atoms with van der Waals surface area (Å²) in [7, 11) is 3.53. The number of morpholine rings is 1. The van der Waals surface area contributed by atoms with E-state index in [-0.39, 0.29) is 41.8 Å². The Morgan fingerprint density at radius 1 is 1.23 bits per heavy atom. The highest BCUT2D eigenvalue weighted by Gasteiger charge is 2.34. The van der Waals surface area contributed by atoms with Gasteiger partial charge in [-0.25, -0.2) is 4.99 Å². The zero-order chi connectivity index (χ0) is 21.2. The van der Waals surface area contributed by atoms with Crippen LogP contribution in [0.2, 0.25) is 0 Å². The molecule has 0 radical (unpaired) electrons. The number of hydrogen-bond donors (Lipinski definition) is 2. The number of likely N-dealkylation sites (N-methyl/N-ethyl adjacent to an activating group) is 1. The van der Waals surface area contributed by atoms with Gasteiger partial charge in [-0.2, -0.15) is 0 Å². The number of guanidine groups is 1. The minimum atomic E-state index is 0. The second-order valence-electron chi connectivity index (χ2n) is 8.69. The molecule has 7 nitrogen and oxygen atoms in total. The number of ether oxygens (including phenoxy) is 1. The summed E-state index contributed by atoms with van der Waals surface area (Å²) in [5.74, 6) is 0.735. The number of rotatable bonds is 8. The zero-order valence-corrected chi connectivity index (χ0v) is 22.0. The smallest absolute Gasteiger partial charge is 0.243 e. The lowest BCUT2D eigenvalue weighted by Crippen LogP contribution is -2.51. The van der Waals surface area contributed by atoms with Crippen molar-refractivity contribution in [3.63, 3.8) is 0 Å². The first-order valence-corrected chi connectivity index (χ1v) is 12.0. The minimum absolute atomic E-state index is 0. The summed E-state index contributed by atoms with van der Waals surface area (Å²) in [4.78, 5) is 22.0. The number of carbonyl (C=O) groups is 1. The topological polar surface area (TPSA) is 69.2 Å². The van der Waals surface area contributed by atoms with Gasteiger partial charge >= 0.3 is 0 Å². The van der Waals surface area contributed by atoms with Crippen molar-refractivity contribution in [1.29, 1.82) is 0 Å². The Bertz CT molecular complexity index is 671. The molecular formula is C22H38IN5O2S. The molecule has 9 heteroatoms. The normalized spacial score (nSPS) is 19.4. The van der Waals surface area contributed by atoms with Crippen LogP contribution in [0, 0.1) is 5.41 Å². The maximum atomic E-state index is 12.1. The van der Waals surface area contributed by atoms with Crippen molar-refractivity contribution in [2.24, 2.45) is 10.4 Å². The number of nitrogens with zero attached hydrogens (tertiary/aromatic N) is 3. The van der Waals surface area contributed by atoms with E-state index in [4.69, 9.17) is 4.74 Å². The molecule has 1 amide bonds. The highest BCUT2D eigenvalue weighted by Crippen LogP contribution is 2.36. The molecule has 1 aromatic rings. The van der Waals surface area contributed by atoms with Gasteiger partial charge in [0.05, 0.1) is 19.8 Å². The predicted octanol–water partition coefficient (Wildman–Crippen LogP) is 2.77. The molecule has 0 spiro atoms. The quantitative estimate of drug-likeness (QED) is 0.289. The third kappa shape index (κ3) is 8.86. The number of aliphatic imine (C=N–C) groups is 1. The van der Waals surface area contributed by atoms with Crippen LogP contribution in [0.4, 0.5) is 0 Å². The van der Waals surface area contributed by atoms with Crippen LogP contribution in [-0.2, 0) is 16.1 Å². The van der Waals surface area contributed by atoms with E-state index in [1.165, 1.54) is 37.0 Å². The van der Waals surface area contributed by atoms with E-state index in [1.807, 2.05) is 0 Å². The molecule has 1 aliphatic heterocycles. The SMILES string of the molecule is CN(C)C(=O)CN=C(NCc1cccs1)NCC1(CN2CCOCC2)CCCCC1.I. The highest BCUT2D eigenvalue weighted by atomic mass is 127. The Morgan fingerprint density at radius 2 is 1.97 bits per heavy atom. The predicted molar refractivity (Wildman–Crippen MR) is 138 cm³/mol. The van der Waals surface area contributed by atoms with Crippen LogP contribution in [-0.4, -0.2) is 81.7 Å². The van der Waals surface area contributed by atoms with Crippen molar-refractivity contribution >= 4 is 47.2 Å². The molecule has 2 fully saturated rings. The fourth-order valence-corrected chi connectivity index (χ4v) is 4.89. The van der Waals surface area contributed by atoms with Gasteiger partial charge in [0.1, 0.15) is 6.54 Å². The van der Waals surface area contributed by atoms with Gasteiger partial charge < -0.3 is 20.3 Å². The minimum Gasteiger partial charge on any atom is -0.379 e. The molecule has 3 rings (SSSR count). The number of thiophene rings is 1. The van der Waals surface area contributed by atoms with Crippen molar-refractivity contribution in [1.82, 2.24) is 20.4 Å². The lowest BCUT2D eigenvalue weighted by Gasteiger charge is -2.42. The molecule has 176 valence electrons. The molecule has 2 N–H and O–H groups in total. The molecule has 0 aromatic carbocycles. The largest absolute Gasteiger partial charge is 0.379 e. The Hall–Kier alpha value is -0.910. The molecule has 1 aliphatic carbocycles. The van der Waals surface area contributed by atoms with Crippen molar-refractivity contribution < 1.29 is 9.53 Å². The van der Waals surface area contributed by atoms with E-state index in [2.05, 4.69) is 38.0 Å². The van der Waals surface area contributed by atoms with Gasteiger partial charge in [-0.1, -0.05) is 25.3 Å². The number of carbonyl (C=O) groups excluding carboxylic acids is 1. The van der Waals surface area contributed by atoms with Crippen LogP contribution >= 0.6 is 35.3 Å². The average Bonchev–Trinajstić information content (AvgIpc) is 3.28. The summed E-state index contributed by atoms with van der Waals surface area (Å²) in [6.07, 6.45) is 6.40. The monoisotopic (exact) mass is 563 g/mol. The van der Waals surface area contributed by atoms with Gasteiger partial charge in [0.25, 0.3) is 0 Å². The van der Waals surface area contributed by atoms with E-state index in [1.54, 1.807) is 30.3 Å². The Labute approximate surface area is 208 Å². The molecule has 2 aliphatic rings. The van der Waals surface area contributed by atoms with Crippen LogP contribution in [0.1, 0.15) is 37.0 Å². The van der Waals surface area contributed by atoms with Crippen molar-refractivity contribution in [3.8, 4) is 0 Å².